The fourth-order valence-electron chi connectivity index (χ4n) is 2.14. The molecule has 0 saturated carbocycles. The summed E-state index contributed by atoms with van der Waals surface area (Å²) in [4.78, 5) is 3.90. The van der Waals surface area contributed by atoms with E-state index in [0.717, 1.165) is 5.56 Å². The van der Waals surface area contributed by atoms with Gasteiger partial charge in [-0.15, -0.1) is 0 Å². The van der Waals surface area contributed by atoms with Crippen LogP contribution in [-0.2, 0) is 6.54 Å². The highest BCUT2D eigenvalue weighted by molar-refractivity contribution is 5.30. The summed E-state index contributed by atoms with van der Waals surface area (Å²) in [5, 5.41) is 7.47. The number of nitrogens with zero attached hydrogens (tertiary/aromatic N) is 3. The van der Waals surface area contributed by atoms with E-state index in [9.17, 15) is 4.39 Å². The lowest BCUT2D eigenvalue weighted by molar-refractivity contribution is 0.383. The highest BCUT2D eigenvalue weighted by atomic mass is 19.1. The molecule has 0 aliphatic rings. The van der Waals surface area contributed by atoms with E-state index < -0.39 is 0 Å². The Morgan fingerprint density at radius 1 is 1.40 bits per heavy atom. The summed E-state index contributed by atoms with van der Waals surface area (Å²) in [7, 11) is 1.46. The second-order valence-electron chi connectivity index (χ2n) is 4.80. The van der Waals surface area contributed by atoms with Crippen LogP contribution in [0.3, 0.4) is 0 Å². The Kier molecular flexibility index (Phi) is 4.68. The van der Waals surface area contributed by atoms with Crippen molar-refractivity contribution in [3.8, 4) is 5.75 Å². The lowest BCUT2D eigenvalue weighted by Crippen LogP contribution is -2.32. The molecule has 20 heavy (non-hydrogen) atoms. The van der Waals surface area contributed by atoms with Crippen molar-refractivity contribution in [1.29, 1.82) is 0 Å². The fraction of sp³-hybridized carbons (Fsp3) is 0.429. The van der Waals surface area contributed by atoms with E-state index in [1.807, 2.05) is 13.0 Å². The van der Waals surface area contributed by atoms with Crippen molar-refractivity contribution >= 4 is 0 Å². The minimum absolute atomic E-state index is 0.0360. The van der Waals surface area contributed by atoms with Crippen molar-refractivity contribution in [3.63, 3.8) is 0 Å². The van der Waals surface area contributed by atoms with E-state index in [4.69, 9.17) is 4.74 Å². The normalized spacial score (nSPS) is 14.0. The third kappa shape index (κ3) is 3.54. The predicted molar refractivity (Wildman–Crippen MR) is 74.0 cm³/mol. The van der Waals surface area contributed by atoms with Crippen LogP contribution >= 0.6 is 0 Å². The molecule has 1 heterocycles. The van der Waals surface area contributed by atoms with Crippen LogP contribution in [0.4, 0.5) is 4.39 Å². The predicted octanol–water partition coefficient (Wildman–Crippen LogP) is 2.17. The van der Waals surface area contributed by atoms with Gasteiger partial charge in [0.05, 0.1) is 13.7 Å². The minimum Gasteiger partial charge on any atom is -0.494 e. The van der Waals surface area contributed by atoms with Crippen LogP contribution in [0.5, 0.6) is 5.75 Å². The van der Waals surface area contributed by atoms with Gasteiger partial charge in [0.2, 0.25) is 0 Å². The molecule has 0 unspecified atom stereocenters. The number of aromatic nitrogens is 3. The van der Waals surface area contributed by atoms with Gasteiger partial charge in [0, 0.05) is 12.1 Å². The van der Waals surface area contributed by atoms with Crippen molar-refractivity contribution in [2.75, 3.05) is 7.11 Å². The molecular formula is C14H19FN4O. The minimum atomic E-state index is -0.345. The summed E-state index contributed by atoms with van der Waals surface area (Å²) >= 11 is 0. The number of methoxy groups -OCH3 is 1. The Morgan fingerprint density at radius 3 is 2.80 bits per heavy atom. The van der Waals surface area contributed by atoms with Crippen molar-refractivity contribution in [1.82, 2.24) is 20.1 Å². The molecule has 108 valence electrons. The van der Waals surface area contributed by atoms with Crippen LogP contribution in [-0.4, -0.2) is 27.9 Å². The SMILES string of the molecule is COc1ccc([C@H](C)N[C@@H](C)Cn2cncn2)cc1F. The molecule has 1 N–H and O–H groups in total. The van der Waals surface area contributed by atoms with Gasteiger partial charge in [-0.3, -0.25) is 4.68 Å². The maximum absolute atomic E-state index is 13.7. The van der Waals surface area contributed by atoms with Gasteiger partial charge in [0.1, 0.15) is 12.7 Å². The van der Waals surface area contributed by atoms with Crippen LogP contribution in [0.15, 0.2) is 30.9 Å². The van der Waals surface area contributed by atoms with Gasteiger partial charge in [-0.2, -0.15) is 5.10 Å². The zero-order valence-electron chi connectivity index (χ0n) is 11.9. The molecular weight excluding hydrogens is 259 g/mol. The van der Waals surface area contributed by atoms with E-state index in [2.05, 4.69) is 22.3 Å². The molecule has 0 saturated heterocycles. The van der Waals surface area contributed by atoms with Crippen molar-refractivity contribution in [2.24, 2.45) is 0 Å². The Balaban J connectivity index is 1.97. The lowest BCUT2D eigenvalue weighted by atomic mass is 10.1. The first-order valence-corrected chi connectivity index (χ1v) is 6.52. The zero-order valence-corrected chi connectivity index (χ0v) is 11.9. The number of hydrogen-bond donors (Lipinski definition) is 1. The van der Waals surface area contributed by atoms with Crippen LogP contribution in [0.25, 0.3) is 0 Å². The summed E-state index contributed by atoms with van der Waals surface area (Å²) in [5.41, 5.74) is 0.883. The summed E-state index contributed by atoms with van der Waals surface area (Å²) in [6, 6.07) is 5.23. The highest BCUT2D eigenvalue weighted by Gasteiger charge is 2.12. The number of benzene rings is 1. The zero-order chi connectivity index (χ0) is 14.5. The van der Waals surface area contributed by atoms with E-state index in [1.165, 1.54) is 19.5 Å². The standard InChI is InChI=1S/C14H19FN4O/c1-10(7-19-9-16-8-17-19)18-11(2)12-4-5-14(20-3)13(15)6-12/h4-6,8-11,18H,7H2,1-3H3/t10-,11-/m0/s1. The molecule has 0 aliphatic heterocycles. The van der Waals surface area contributed by atoms with Gasteiger partial charge in [0.25, 0.3) is 0 Å². The van der Waals surface area contributed by atoms with Gasteiger partial charge in [-0.1, -0.05) is 6.07 Å². The topological polar surface area (TPSA) is 52.0 Å². The van der Waals surface area contributed by atoms with E-state index in [-0.39, 0.29) is 23.7 Å². The van der Waals surface area contributed by atoms with Gasteiger partial charge in [-0.25, -0.2) is 9.37 Å². The average Bonchev–Trinajstić information content (AvgIpc) is 2.91. The lowest BCUT2D eigenvalue weighted by Gasteiger charge is -2.20. The molecule has 2 aromatic rings. The third-order valence-electron chi connectivity index (χ3n) is 3.14. The Morgan fingerprint density at radius 2 is 2.20 bits per heavy atom. The van der Waals surface area contributed by atoms with Crippen LogP contribution < -0.4 is 10.1 Å². The number of nitrogens with one attached hydrogen (secondary N) is 1. The Labute approximate surface area is 117 Å². The number of rotatable bonds is 6. The molecule has 0 bridgehead atoms. The number of ether oxygens (including phenoxy) is 1. The maximum atomic E-state index is 13.7. The third-order valence-corrected chi connectivity index (χ3v) is 3.14. The number of halogens is 1. The molecule has 1 aromatic carbocycles. The highest BCUT2D eigenvalue weighted by Crippen LogP contribution is 2.21. The summed E-state index contributed by atoms with van der Waals surface area (Å²) in [6.07, 6.45) is 3.19. The van der Waals surface area contributed by atoms with E-state index in [1.54, 1.807) is 17.1 Å². The first-order valence-electron chi connectivity index (χ1n) is 6.52. The first-order chi connectivity index (χ1) is 9.60. The molecule has 5 nitrogen and oxygen atoms in total. The summed E-state index contributed by atoms with van der Waals surface area (Å²) in [5.74, 6) is -0.0841. The van der Waals surface area contributed by atoms with Gasteiger partial charge in [-0.05, 0) is 31.5 Å². The molecule has 0 radical (unpaired) electrons. The number of hydrogen-bond acceptors (Lipinski definition) is 4. The van der Waals surface area contributed by atoms with Crippen molar-refractivity contribution in [3.05, 3.63) is 42.2 Å². The van der Waals surface area contributed by atoms with E-state index in [0.29, 0.717) is 6.54 Å². The molecule has 0 spiro atoms. The summed E-state index contributed by atoms with van der Waals surface area (Å²) < 4.78 is 20.4. The largest absolute Gasteiger partial charge is 0.494 e. The molecule has 2 rings (SSSR count). The summed E-state index contributed by atoms with van der Waals surface area (Å²) in [6.45, 7) is 4.76. The molecule has 1 aromatic heterocycles. The van der Waals surface area contributed by atoms with Gasteiger partial charge >= 0.3 is 0 Å². The molecule has 2 atom stereocenters. The second kappa shape index (κ2) is 6.47. The van der Waals surface area contributed by atoms with E-state index >= 15 is 0 Å². The smallest absolute Gasteiger partial charge is 0.165 e. The van der Waals surface area contributed by atoms with Crippen LogP contribution in [0.1, 0.15) is 25.5 Å². The van der Waals surface area contributed by atoms with Crippen molar-refractivity contribution < 1.29 is 9.13 Å². The van der Waals surface area contributed by atoms with Gasteiger partial charge in [0.15, 0.2) is 11.6 Å². The molecule has 6 heteroatoms. The Hall–Kier alpha value is -1.95. The van der Waals surface area contributed by atoms with Gasteiger partial charge < -0.3 is 10.1 Å². The second-order valence-corrected chi connectivity index (χ2v) is 4.80. The quantitative estimate of drug-likeness (QED) is 0.880. The maximum Gasteiger partial charge on any atom is 0.165 e. The Bertz CT molecular complexity index is 544. The molecule has 0 amide bonds. The molecule has 0 aliphatic carbocycles. The first kappa shape index (κ1) is 14.5. The van der Waals surface area contributed by atoms with Crippen LogP contribution in [0.2, 0.25) is 0 Å². The van der Waals surface area contributed by atoms with Crippen LogP contribution in [0, 0.1) is 5.82 Å². The van der Waals surface area contributed by atoms with Crippen molar-refractivity contribution in [2.45, 2.75) is 32.5 Å². The monoisotopic (exact) mass is 278 g/mol. The fourth-order valence-corrected chi connectivity index (χ4v) is 2.14. The molecule has 0 fully saturated rings. The average molecular weight is 278 g/mol.